The smallest absolute Gasteiger partial charge is 0.744 e. The third-order valence-electron chi connectivity index (χ3n) is 2.96. The van der Waals surface area contributed by atoms with E-state index in [0.29, 0.717) is 5.69 Å². The van der Waals surface area contributed by atoms with Gasteiger partial charge in [-0.15, -0.1) is 0 Å². The molecule has 0 bridgehead atoms. The maximum Gasteiger partial charge on any atom is 1.00 e. The first-order valence-electron chi connectivity index (χ1n) is 6.49. The van der Waals surface area contributed by atoms with Crippen LogP contribution in [0.3, 0.4) is 0 Å². The average molecular weight is 341 g/mol. The Morgan fingerprint density at radius 3 is 2.09 bits per heavy atom. The zero-order valence-corrected chi connectivity index (χ0v) is 16.0. The molecule has 116 valence electrons. The second kappa shape index (κ2) is 8.47. The Morgan fingerprint density at radius 2 is 1.61 bits per heavy atom. The third kappa shape index (κ3) is 5.96. The van der Waals surface area contributed by atoms with Crippen molar-refractivity contribution < 1.29 is 42.5 Å². The van der Waals surface area contributed by atoms with Crippen molar-refractivity contribution in [2.24, 2.45) is 5.10 Å². The van der Waals surface area contributed by atoms with E-state index in [1.807, 2.05) is 43.3 Å². The van der Waals surface area contributed by atoms with Crippen LogP contribution in [0.2, 0.25) is 0 Å². The molecule has 0 aliphatic rings. The Kier molecular flexibility index (Phi) is 7.24. The van der Waals surface area contributed by atoms with Crippen molar-refractivity contribution >= 4 is 27.7 Å². The summed E-state index contributed by atoms with van der Waals surface area (Å²) in [6.45, 7) is 0. The monoisotopic (exact) mass is 341 g/mol. The van der Waals surface area contributed by atoms with E-state index in [4.69, 9.17) is 0 Å². The molecule has 23 heavy (non-hydrogen) atoms. The Bertz CT molecular complexity index is 758. The molecule has 0 unspecified atom stereocenters. The standard InChI is InChI=1S/C15H17N3O3S.Na/c1-18(2)14-7-3-12(4-8-14)11-16-17-13-5-9-15(10-6-13)22(19,20)21;/h3-11,17H,1-2H3,(H,19,20,21);/q;+1/p-1. The van der Waals surface area contributed by atoms with Crippen molar-refractivity contribution in [1.82, 2.24) is 0 Å². The first-order chi connectivity index (χ1) is 10.4. The first-order valence-corrected chi connectivity index (χ1v) is 7.89. The Hall–Kier alpha value is -1.38. The van der Waals surface area contributed by atoms with E-state index >= 15 is 0 Å². The van der Waals surface area contributed by atoms with E-state index in [1.165, 1.54) is 24.3 Å². The summed E-state index contributed by atoms with van der Waals surface area (Å²) < 4.78 is 32.4. The molecule has 0 saturated heterocycles. The molecule has 0 atom stereocenters. The molecule has 0 radical (unpaired) electrons. The molecule has 0 fully saturated rings. The fourth-order valence-corrected chi connectivity index (χ4v) is 2.21. The molecule has 0 aromatic heterocycles. The van der Waals surface area contributed by atoms with Crippen LogP contribution >= 0.6 is 0 Å². The molecule has 0 aliphatic carbocycles. The number of hydrogen-bond acceptors (Lipinski definition) is 6. The molecule has 0 spiro atoms. The number of hydrogen-bond donors (Lipinski definition) is 1. The van der Waals surface area contributed by atoms with Gasteiger partial charge in [-0.2, -0.15) is 5.10 Å². The molecule has 0 aliphatic heterocycles. The predicted molar refractivity (Wildman–Crippen MR) is 86.4 cm³/mol. The van der Waals surface area contributed by atoms with Crippen molar-refractivity contribution in [3.05, 3.63) is 54.1 Å². The predicted octanol–water partition coefficient (Wildman–Crippen LogP) is -0.893. The number of nitrogens with zero attached hydrogens (tertiary/aromatic N) is 2. The minimum Gasteiger partial charge on any atom is -0.744 e. The van der Waals surface area contributed by atoms with E-state index in [9.17, 15) is 13.0 Å². The molecular weight excluding hydrogens is 325 g/mol. The van der Waals surface area contributed by atoms with E-state index in [2.05, 4.69) is 10.5 Å². The fourth-order valence-electron chi connectivity index (χ4n) is 1.74. The Morgan fingerprint density at radius 1 is 1.04 bits per heavy atom. The summed E-state index contributed by atoms with van der Waals surface area (Å²) in [5.41, 5.74) is 5.39. The summed E-state index contributed by atoms with van der Waals surface area (Å²) in [6, 6.07) is 13.3. The molecule has 2 aromatic rings. The summed E-state index contributed by atoms with van der Waals surface area (Å²) in [6.07, 6.45) is 1.65. The maximum absolute atomic E-state index is 10.8. The number of hydrazone groups is 1. The fraction of sp³-hybridized carbons (Fsp3) is 0.133. The summed E-state index contributed by atoms with van der Waals surface area (Å²) in [5.74, 6) is 0. The third-order valence-corrected chi connectivity index (χ3v) is 3.81. The summed E-state index contributed by atoms with van der Waals surface area (Å²) in [5, 5.41) is 4.06. The molecule has 0 amide bonds. The van der Waals surface area contributed by atoms with Gasteiger partial charge in [0.25, 0.3) is 0 Å². The Labute approximate surface area is 158 Å². The summed E-state index contributed by atoms with van der Waals surface area (Å²) >= 11 is 0. The van der Waals surface area contributed by atoms with Crippen molar-refractivity contribution in [2.75, 3.05) is 24.4 Å². The molecule has 6 nitrogen and oxygen atoms in total. The number of benzene rings is 2. The van der Waals surface area contributed by atoms with Crippen LogP contribution in [-0.2, 0) is 10.1 Å². The van der Waals surface area contributed by atoms with Crippen LogP contribution in [0.4, 0.5) is 11.4 Å². The van der Waals surface area contributed by atoms with E-state index in [0.717, 1.165) is 11.3 Å². The zero-order valence-electron chi connectivity index (χ0n) is 13.2. The van der Waals surface area contributed by atoms with Crippen LogP contribution in [-0.4, -0.2) is 33.3 Å². The van der Waals surface area contributed by atoms with Crippen molar-refractivity contribution in [3.8, 4) is 0 Å². The molecule has 1 N–H and O–H groups in total. The van der Waals surface area contributed by atoms with Crippen LogP contribution in [0.15, 0.2) is 58.5 Å². The molecule has 2 rings (SSSR count). The molecule has 8 heteroatoms. The van der Waals surface area contributed by atoms with Gasteiger partial charge in [0.05, 0.1) is 16.8 Å². The Balaban J connectivity index is 0.00000264. The minimum atomic E-state index is -4.41. The zero-order chi connectivity index (χ0) is 16.2. The van der Waals surface area contributed by atoms with Gasteiger partial charge in [0, 0.05) is 19.8 Å². The quantitative estimate of drug-likeness (QED) is 0.330. The van der Waals surface area contributed by atoms with Gasteiger partial charge in [0.2, 0.25) is 0 Å². The topological polar surface area (TPSA) is 84.8 Å². The van der Waals surface area contributed by atoms with E-state index < -0.39 is 10.1 Å². The second-order valence-corrected chi connectivity index (χ2v) is 6.21. The minimum absolute atomic E-state index is 0. The number of nitrogens with one attached hydrogen (secondary N) is 1. The van der Waals surface area contributed by atoms with Gasteiger partial charge in [-0.3, -0.25) is 5.43 Å². The largest absolute Gasteiger partial charge is 1.00 e. The number of rotatable bonds is 5. The van der Waals surface area contributed by atoms with Gasteiger partial charge < -0.3 is 9.45 Å². The normalized spacial score (nSPS) is 11.1. The maximum atomic E-state index is 10.8. The van der Waals surface area contributed by atoms with Gasteiger partial charge in [-0.05, 0) is 42.0 Å². The molecule has 2 aromatic carbocycles. The van der Waals surface area contributed by atoms with E-state index in [-0.39, 0.29) is 34.5 Å². The van der Waals surface area contributed by atoms with Crippen LogP contribution in [0.25, 0.3) is 0 Å². The van der Waals surface area contributed by atoms with Gasteiger partial charge in [-0.1, -0.05) is 12.1 Å². The SMILES string of the molecule is CN(C)c1ccc(C=NNc2ccc(S(=O)(=O)[O-])cc2)cc1.[Na+]. The van der Waals surface area contributed by atoms with Crippen molar-refractivity contribution in [3.63, 3.8) is 0 Å². The number of anilines is 2. The summed E-state index contributed by atoms with van der Waals surface area (Å²) in [4.78, 5) is 1.74. The molecule has 0 saturated carbocycles. The second-order valence-electron chi connectivity index (χ2n) is 4.83. The first kappa shape index (κ1) is 19.7. The van der Waals surface area contributed by atoms with E-state index in [1.54, 1.807) is 6.21 Å². The van der Waals surface area contributed by atoms with Crippen LogP contribution in [0.1, 0.15) is 5.56 Å². The van der Waals surface area contributed by atoms with Gasteiger partial charge in [0.1, 0.15) is 10.1 Å². The molecular formula is C15H16N3NaO3S. The van der Waals surface area contributed by atoms with Crippen molar-refractivity contribution in [2.45, 2.75) is 4.90 Å². The van der Waals surface area contributed by atoms with Crippen LogP contribution in [0.5, 0.6) is 0 Å². The van der Waals surface area contributed by atoms with Gasteiger partial charge >= 0.3 is 29.6 Å². The summed E-state index contributed by atoms with van der Waals surface area (Å²) in [7, 11) is -0.477. The van der Waals surface area contributed by atoms with Crippen molar-refractivity contribution in [1.29, 1.82) is 0 Å². The molecule has 0 heterocycles. The van der Waals surface area contributed by atoms with Crippen LogP contribution < -0.4 is 39.9 Å². The van der Waals surface area contributed by atoms with Crippen LogP contribution in [0, 0.1) is 0 Å². The average Bonchev–Trinajstić information content (AvgIpc) is 2.47. The van der Waals surface area contributed by atoms with Gasteiger partial charge in [0.15, 0.2) is 0 Å². The van der Waals surface area contributed by atoms with Gasteiger partial charge in [-0.25, -0.2) is 8.42 Å².